The van der Waals surface area contributed by atoms with Gasteiger partial charge in [0.25, 0.3) is 0 Å². The van der Waals surface area contributed by atoms with Gasteiger partial charge in [-0.05, 0) is 34.9 Å². The summed E-state index contributed by atoms with van der Waals surface area (Å²) in [4.78, 5) is 13.5. The Morgan fingerprint density at radius 1 is 0.656 bits per heavy atom. The van der Waals surface area contributed by atoms with Crippen LogP contribution in [0.3, 0.4) is 0 Å². The van der Waals surface area contributed by atoms with Gasteiger partial charge in [0.1, 0.15) is 0 Å². The van der Waals surface area contributed by atoms with Crippen LogP contribution in [0.15, 0.2) is 96.9 Å². The molecule has 152 valence electrons. The molecule has 0 unspecified atom stereocenters. The van der Waals surface area contributed by atoms with E-state index in [0.717, 1.165) is 25.7 Å². The molecule has 0 aliphatic carbocycles. The van der Waals surface area contributed by atoms with Crippen molar-refractivity contribution in [2.75, 3.05) is 0 Å². The standard InChI is InChI=1S/C27H16ClN3S/c28-27-30-25(21-13-5-4-11-18(21)17-9-2-1-3-10-17)29-26(31-27)22-15-8-14-20-19-12-6-7-16-23(19)32-24(20)22/h1-16H/i1D,2D,3D,9D,10D. The molecule has 2 heterocycles. The second kappa shape index (κ2) is 7.83. The van der Waals surface area contributed by atoms with Crippen molar-refractivity contribution in [3.63, 3.8) is 0 Å². The van der Waals surface area contributed by atoms with Crippen molar-refractivity contribution in [2.45, 2.75) is 0 Å². The van der Waals surface area contributed by atoms with Crippen LogP contribution in [-0.2, 0) is 0 Å². The minimum atomic E-state index is -0.446. The lowest BCUT2D eigenvalue weighted by Gasteiger charge is -2.10. The Bertz CT molecular complexity index is 1840. The fraction of sp³-hybridized carbons (Fsp3) is 0. The van der Waals surface area contributed by atoms with Crippen molar-refractivity contribution in [1.82, 2.24) is 15.0 Å². The minimum Gasteiger partial charge on any atom is -0.208 e. The molecule has 5 heteroatoms. The van der Waals surface area contributed by atoms with Gasteiger partial charge in [0.15, 0.2) is 11.6 Å². The van der Waals surface area contributed by atoms with Gasteiger partial charge in [-0.3, -0.25) is 0 Å². The van der Waals surface area contributed by atoms with Crippen LogP contribution in [0.4, 0.5) is 0 Å². The lowest BCUT2D eigenvalue weighted by molar-refractivity contribution is 1.07. The molecule has 0 saturated heterocycles. The smallest absolute Gasteiger partial charge is 0.208 e. The van der Waals surface area contributed by atoms with Gasteiger partial charge >= 0.3 is 0 Å². The largest absolute Gasteiger partial charge is 0.226 e. The van der Waals surface area contributed by atoms with E-state index in [1.165, 1.54) is 0 Å². The number of benzene rings is 4. The molecule has 32 heavy (non-hydrogen) atoms. The highest BCUT2D eigenvalue weighted by Crippen LogP contribution is 2.39. The third-order valence-corrected chi connectivity index (χ3v) is 6.58. The summed E-state index contributed by atoms with van der Waals surface area (Å²) in [7, 11) is 0. The maximum absolute atomic E-state index is 8.44. The third kappa shape index (κ3) is 3.25. The molecule has 4 aromatic carbocycles. The van der Waals surface area contributed by atoms with Crippen molar-refractivity contribution in [3.05, 3.63) is 102 Å². The van der Waals surface area contributed by atoms with Crippen molar-refractivity contribution in [2.24, 2.45) is 0 Å². The summed E-state index contributed by atoms with van der Waals surface area (Å²) in [5.41, 5.74) is 1.78. The molecule has 3 nitrogen and oxygen atoms in total. The van der Waals surface area contributed by atoms with Gasteiger partial charge < -0.3 is 0 Å². The molecule has 0 bridgehead atoms. The molecule has 0 aliphatic rings. The number of hydrogen-bond acceptors (Lipinski definition) is 4. The number of thiophene rings is 1. The Morgan fingerprint density at radius 2 is 1.31 bits per heavy atom. The predicted octanol–water partition coefficient (Wildman–Crippen LogP) is 7.89. The topological polar surface area (TPSA) is 38.7 Å². The first-order valence-corrected chi connectivity index (χ1v) is 11.0. The van der Waals surface area contributed by atoms with E-state index in [0.29, 0.717) is 17.0 Å². The molecule has 0 fully saturated rings. The van der Waals surface area contributed by atoms with Gasteiger partial charge in [-0.25, -0.2) is 4.98 Å². The van der Waals surface area contributed by atoms with Crippen molar-refractivity contribution in [3.8, 4) is 33.9 Å². The van der Waals surface area contributed by atoms with E-state index < -0.39 is 18.1 Å². The van der Waals surface area contributed by atoms with E-state index in [9.17, 15) is 0 Å². The van der Waals surface area contributed by atoms with E-state index in [2.05, 4.69) is 28.2 Å². The first kappa shape index (κ1) is 14.5. The van der Waals surface area contributed by atoms with Crippen LogP contribution in [-0.4, -0.2) is 15.0 Å². The van der Waals surface area contributed by atoms with Gasteiger partial charge in [-0.1, -0.05) is 84.8 Å². The Labute approximate surface area is 201 Å². The minimum absolute atomic E-state index is 0.00558. The predicted molar refractivity (Wildman–Crippen MR) is 134 cm³/mol. The summed E-state index contributed by atoms with van der Waals surface area (Å²) in [6.45, 7) is 0. The molecule has 0 radical (unpaired) electrons. The second-order valence-electron chi connectivity index (χ2n) is 7.08. The molecular weight excluding hydrogens is 434 g/mol. The highest BCUT2D eigenvalue weighted by atomic mass is 35.5. The first-order chi connectivity index (χ1) is 17.8. The Kier molecular flexibility index (Phi) is 3.54. The number of nitrogens with zero attached hydrogens (tertiary/aromatic N) is 3. The average molecular weight is 455 g/mol. The number of fused-ring (bicyclic) bond motifs is 3. The van der Waals surface area contributed by atoms with E-state index >= 15 is 0 Å². The summed E-state index contributed by atoms with van der Waals surface area (Å²) < 4.78 is 43.2. The molecule has 2 aromatic heterocycles. The number of rotatable bonds is 3. The van der Waals surface area contributed by atoms with E-state index in [4.69, 9.17) is 23.4 Å². The zero-order valence-electron chi connectivity index (χ0n) is 21.5. The van der Waals surface area contributed by atoms with Gasteiger partial charge in [-0.2, -0.15) is 9.97 Å². The van der Waals surface area contributed by atoms with E-state index in [1.807, 2.05) is 24.3 Å². The summed E-state index contributed by atoms with van der Waals surface area (Å²) in [5.74, 6) is 0.638. The summed E-state index contributed by atoms with van der Waals surface area (Å²) >= 11 is 8.04. The second-order valence-corrected chi connectivity index (χ2v) is 8.47. The molecular formula is C27H16ClN3S. The molecule has 0 spiro atoms. The van der Waals surface area contributed by atoms with Crippen molar-refractivity contribution in [1.29, 1.82) is 0 Å². The monoisotopic (exact) mass is 454 g/mol. The normalized spacial score (nSPS) is 13.5. The van der Waals surface area contributed by atoms with E-state index in [1.54, 1.807) is 35.6 Å². The molecule has 6 rings (SSSR count). The SMILES string of the molecule is [2H]c1c([2H])c([2H])c(-c2ccccc2-c2nc(Cl)nc(-c3cccc4c3sc3ccccc34)n2)c([2H])c1[2H]. The lowest BCUT2D eigenvalue weighted by atomic mass is 9.99. The maximum Gasteiger partial charge on any atom is 0.226 e. The zero-order chi connectivity index (χ0) is 25.8. The Hall–Kier alpha value is -3.60. The van der Waals surface area contributed by atoms with Crippen LogP contribution >= 0.6 is 22.9 Å². The Morgan fingerprint density at radius 3 is 2.16 bits per heavy atom. The molecule has 0 atom stereocenters. The number of hydrogen-bond donors (Lipinski definition) is 0. The fourth-order valence-electron chi connectivity index (χ4n) is 3.80. The van der Waals surface area contributed by atoms with Gasteiger partial charge in [0, 0.05) is 31.3 Å². The van der Waals surface area contributed by atoms with Crippen LogP contribution in [0.2, 0.25) is 5.28 Å². The van der Waals surface area contributed by atoms with Crippen molar-refractivity contribution < 1.29 is 6.85 Å². The summed E-state index contributed by atoms with van der Waals surface area (Å²) in [6, 6.07) is 19.2. The molecule has 0 amide bonds. The fourth-order valence-corrected chi connectivity index (χ4v) is 5.17. The van der Waals surface area contributed by atoms with Gasteiger partial charge in [-0.15, -0.1) is 11.3 Å². The highest BCUT2D eigenvalue weighted by Gasteiger charge is 2.16. The van der Waals surface area contributed by atoms with Crippen LogP contribution in [0.5, 0.6) is 0 Å². The van der Waals surface area contributed by atoms with Gasteiger partial charge in [0.05, 0.1) is 6.85 Å². The number of aromatic nitrogens is 3. The summed E-state index contributed by atoms with van der Waals surface area (Å²) in [6.07, 6.45) is 0. The van der Waals surface area contributed by atoms with Gasteiger partial charge in [0.2, 0.25) is 5.28 Å². The van der Waals surface area contributed by atoms with E-state index in [-0.39, 0.29) is 28.8 Å². The average Bonchev–Trinajstić information content (AvgIpc) is 3.30. The molecule has 0 N–H and O–H groups in total. The highest BCUT2D eigenvalue weighted by molar-refractivity contribution is 7.26. The molecule has 0 aliphatic heterocycles. The maximum atomic E-state index is 8.44. The first-order valence-electron chi connectivity index (χ1n) is 12.3. The number of halogens is 1. The van der Waals surface area contributed by atoms with Crippen LogP contribution in [0.1, 0.15) is 6.85 Å². The zero-order valence-corrected chi connectivity index (χ0v) is 18.1. The molecule has 6 aromatic rings. The Balaban J connectivity index is 1.59. The lowest BCUT2D eigenvalue weighted by Crippen LogP contribution is -1.98. The van der Waals surface area contributed by atoms with Crippen molar-refractivity contribution >= 4 is 43.1 Å². The van der Waals surface area contributed by atoms with Crippen LogP contribution in [0.25, 0.3) is 54.1 Å². The third-order valence-electron chi connectivity index (χ3n) is 5.19. The van der Waals surface area contributed by atoms with Crippen LogP contribution < -0.4 is 0 Å². The summed E-state index contributed by atoms with van der Waals surface area (Å²) in [5, 5.41) is 2.24. The van der Waals surface area contributed by atoms with Crippen LogP contribution in [0, 0.1) is 0 Å². The molecule has 0 saturated carbocycles. The quantitative estimate of drug-likeness (QED) is 0.273.